The molecule has 0 bridgehead atoms. The average Bonchev–Trinajstić information content (AvgIpc) is 2.69. The van der Waals surface area contributed by atoms with Gasteiger partial charge in [0.25, 0.3) is 0 Å². The summed E-state index contributed by atoms with van der Waals surface area (Å²) >= 11 is 0. The highest BCUT2D eigenvalue weighted by Crippen LogP contribution is 2.31. The summed E-state index contributed by atoms with van der Waals surface area (Å²) in [5.41, 5.74) is -0.369. The van der Waals surface area contributed by atoms with Gasteiger partial charge in [0.15, 0.2) is 0 Å². The van der Waals surface area contributed by atoms with Crippen molar-refractivity contribution in [2.75, 3.05) is 46.8 Å². The van der Waals surface area contributed by atoms with Gasteiger partial charge < -0.3 is 20.0 Å². The van der Waals surface area contributed by atoms with Crippen molar-refractivity contribution in [1.29, 1.82) is 0 Å². The molecule has 1 N–H and O–H groups in total. The van der Waals surface area contributed by atoms with Crippen molar-refractivity contribution < 1.29 is 14.4 Å². The summed E-state index contributed by atoms with van der Waals surface area (Å²) < 4.78 is 0. The fourth-order valence-electron chi connectivity index (χ4n) is 3.37. The number of nitrogens with zero attached hydrogens (tertiary/aromatic N) is 3. The highest BCUT2D eigenvalue weighted by atomic mass is 16.2. The quantitative estimate of drug-likeness (QED) is 0.797. The summed E-state index contributed by atoms with van der Waals surface area (Å²) in [5.74, 6) is 0.405. The van der Waals surface area contributed by atoms with Gasteiger partial charge in [0.1, 0.15) is 0 Å². The van der Waals surface area contributed by atoms with Crippen LogP contribution in [0.2, 0.25) is 0 Å². The zero-order valence-electron chi connectivity index (χ0n) is 14.6. The van der Waals surface area contributed by atoms with E-state index < -0.39 is 0 Å². The van der Waals surface area contributed by atoms with Gasteiger partial charge in [-0.1, -0.05) is 13.8 Å². The Labute approximate surface area is 138 Å². The molecule has 2 rings (SSSR count). The van der Waals surface area contributed by atoms with E-state index in [1.54, 1.807) is 23.9 Å². The third-order valence-corrected chi connectivity index (χ3v) is 4.48. The van der Waals surface area contributed by atoms with Gasteiger partial charge in [-0.15, -0.1) is 0 Å². The zero-order valence-corrected chi connectivity index (χ0v) is 14.6. The summed E-state index contributed by atoms with van der Waals surface area (Å²) in [7, 11) is 3.44. The summed E-state index contributed by atoms with van der Waals surface area (Å²) in [6, 6.07) is -0.0677. The molecule has 0 aromatic carbocycles. The maximum Gasteiger partial charge on any atom is 0.319 e. The third kappa shape index (κ3) is 4.14. The Kier molecular flexibility index (Phi) is 5.16. The van der Waals surface area contributed by atoms with Gasteiger partial charge in [-0.25, -0.2) is 4.79 Å². The van der Waals surface area contributed by atoms with Crippen molar-refractivity contribution in [2.45, 2.75) is 26.7 Å². The lowest BCUT2D eigenvalue weighted by Crippen LogP contribution is -2.47. The van der Waals surface area contributed by atoms with Gasteiger partial charge >= 0.3 is 6.03 Å². The fraction of sp³-hybridized carbons (Fsp3) is 0.812. The highest BCUT2D eigenvalue weighted by Gasteiger charge is 2.44. The van der Waals surface area contributed by atoms with E-state index in [1.807, 2.05) is 18.7 Å². The molecule has 2 fully saturated rings. The van der Waals surface area contributed by atoms with E-state index in [9.17, 15) is 14.4 Å². The smallest absolute Gasteiger partial charge is 0.319 e. The van der Waals surface area contributed by atoms with Crippen LogP contribution < -0.4 is 5.32 Å². The monoisotopic (exact) mass is 324 g/mol. The van der Waals surface area contributed by atoms with Crippen molar-refractivity contribution in [1.82, 2.24) is 20.0 Å². The molecule has 0 aromatic heterocycles. The van der Waals surface area contributed by atoms with Gasteiger partial charge in [-0.3, -0.25) is 9.59 Å². The van der Waals surface area contributed by atoms with E-state index >= 15 is 0 Å². The highest BCUT2D eigenvalue weighted by molar-refractivity contribution is 5.81. The molecule has 2 heterocycles. The van der Waals surface area contributed by atoms with Gasteiger partial charge in [0.2, 0.25) is 11.8 Å². The van der Waals surface area contributed by atoms with Crippen LogP contribution in [0.15, 0.2) is 0 Å². The Morgan fingerprint density at radius 3 is 2.35 bits per heavy atom. The topological polar surface area (TPSA) is 73.0 Å². The standard InChI is InChI=1S/C16H28N4O3/c1-12(2)7-14(22)19-5-6-20(15(23)18(3)4)11-16(10-19)8-13(21)17-9-16/h12H,5-11H2,1-4H3,(H,17,21)/t16-/m1/s1. The van der Waals surface area contributed by atoms with E-state index in [4.69, 9.17) is 0 Å². The van der Waals surface area contributed by atoms with E-state index in [2.05, 4.69) is 5.32 Å². The molecule has 0 saturated carbocycles. The predicted molar refractivity (Wildman–Crippen MR) is 86.8 cm³/mol. The first-order chi connectivity index (χ1) is 10.7. The molecular formula is C16H28N4O3. The molecule has 4 amide bonds. The van der Waals surface area contributed by atoms with E-state index in [0.717, 1.165) is 0 Å². The molecule has 0 unspecified atom stereocenters. The maximum absolute atomic E-state index is 12.5. The Hall–Kier alpha value is -1.79. The number of urea groups is 1. The van der Waals surface area contributed by atoms with E-state index in [0.29, 0.717) is 51.5 Å². The van der Waals surface area contributed by atoms with Gasteiger partial charge in [0, 0.05) is 65.1 Å². The molecule has 2 saturated heterocycles. The van der Waals surface area contributed by atoms with Crippen LogP contribution in [0, 0.1) is 11.3 Å². The summed E-state index contributed by atoms with van der Waals surface area (Å²) in [5, 5.41) is 2.87. The fourth-order valence-corrected chi connectivity index (χ4v) is 3.37. The minimum absolute atomic E-state index is 0.000380. The Morgan fingerprint density at radius 2 is 1.83 bits per heavy atom. The van der Waals surface area contributed by atoms with Crippen LogP contribution in [0.25, 0.3) is 0 Å². The average molecular weight is 324 g/mol. The molecule has 23 heavy (non-hydrogen) atoms. The summed E-state index contributed by atoms with van der Waals surface area (Å²) in [6.45, 7) is 6.65. The lowest BCUT2D eigenvalue weighted by molar-refractivity contribution is -0.133. The molecule has 7 heteroatoms. The number of hydrogen-bond acceptors (Lipinski definition) is 3. The molecule has 2 aliphatic heterocycles. The third-order valence-electron chi connectivity index (χ3n) is 4.48. The predicted octanol–water partition coefficient (Wildman–Crippen LogP) is 0.365. The molecule has 1 spiro atoms. The molecule has 2 aliphatic rings. The number of amides is 4. The van der Waals surface area contributed by atoms with Crippen LogP contribution in [0.5, 0.6) is 0 Å². The maximum atomic E-state index is 12.5. The Morgan fingerprint density at radius 1 is 1.22 bits per heavy atom. The Balaban J connectivity index is 2.19. The minimum Gasteiger partial charge on any atom is -0.355 e. The van der Waals surface area contributed by atoms with Crippen molar-refractivity contribution >= 4 is 17.8 Å². The molecular weight excluding hydrogens is 296 g/mol. The van der Waals surface area contributed by atoms with Gasteiger partial charge in [0.05, 0.1) is 0 Å². The van der Waals surface area contributed by atoms with E-state index in [1.165, 1.54) is 0 Å². The number of carbonyl (C=O) groups is 3. The number of hydrogen-bond donors (Lipinski definition) is 1. The lowest BCUT2D eigenvalue weighted by Gasteiger charge is -2.33. The molecule has 0 aliphatic carbocycles. The van der Waals surface area contributed by atoms with Crippen molar-refractivity contribution in [2.24, 2.45) is 11.3 Å². The van der Waals surface area contributed by atoms with Crippen molar-refractivity contribution in [3.8, 4) is 0 Å². The second-order valence-electron chi connectivity index (χ2n) is 7.47. The largest absolute Gasteiger partial charge is 0.355 e. The first kappa shape index (κ1) is 17.6. The first-order valence-corrected chi connectivity index (χ1v) is 8.23. The molecule has 1 atom stereocenters. The summed E-state index contributed by atoms with van der Waals surface area (Å²) in [4.78, 5) is 41.8. The normalized spacial score (nSPS) is 24.8. The first-order valence-electron chi connectivity index (χ1n) is 8.23. The minimum atomic E-state index is -0.369. The SMILES string of the molecule is CC(C)CC(=O)N1CCN(C(=O)N(C)C)C[C@]2(CNC(=O)C2)C1. The zero-order chi connectivity index (χ0) is 17.2. The second kappa shape index (κ2) is 6.76. The number of rotatable bonds is 2. The van der Waals surface area contributed by atoms with Crippen LogP contribution in [0.1, 0.15) is 26.7 Å². The Bertz CT molecular complexity index is 492. The lowest BCUT2D eigenvalue weighted by atomic mass is 9.86. The number of nitrogens with one attached hydrogen (secondary N) is 1. The number of carbonyl (C=O) groups excluding carboxylic acids is 3. The van der Waals surface area contributed by atoms with Gasteiger partial charge in [-0.2, -0.15) is 0 Å². The van der Waals surface area contributed by atoms with Crippen molar-refractivity contribution in [3.05, 3.63) is 0 Å². The molecule has 0 radical (unpaired) electrons. The molecule has 7 nitrogen and oxygen atoms in total. The van der Waals surface area contributed by atoms with E-state index in [-0.39, 0.29) is 23.3 Å². The summed E-state index contributed by atoms with van der Waals surface area (Å²) in [6.07, 6.45) is 0.870. The molecule has 130 valence electrons. The van der Waals surface area contributed by atoms with Crippen LogP contribution in [-0.2, 0) is 9.59 Å². The molecule has 0 aromatic rings. The van der Waals surface area contributed by atoms with Crippen LogP contribution >= 0.6 is 0 Å². The van der Waals surface area contributed by atoms with Gasteiger partial charge in [-0.05, 0) is 5.92 Å². The second-order valence-corrected chi connectivity index (χ2v) is 7.47. The van der Waals surface area contributed by atoms with Crippen LogP contribution in [0.3, 0.4) is 0 Å². The van der Waals surface area contributed by atoms with Crippen molar-refractivity contribution in [3.63, 3.8) is 0 Å². The van der Waals surface area contributed by atoms with Crippen LogP contribution in [-0.4, -0.2) is 79.4 Å². The van der Waals surface area contributed by atoms with Crippen LogP contribution in [0.4, 0.5) is 4.79 Å².